The van der Waals surface area contributed by atoms with E-state index in [1.165, 1.54) is 0 Å². The minimum absolute atomic E-state index is 0.00614. The molecule has 27 heavy (non-hydrogen) atoms. The third-order valence-corrected chi connectivity index (χ3v) is 4.51. The number of rotatable bonds is 9. The topological polar surface area (TPSA) is 58.6 Å². The van der Waals surface area contributed by atoms with Crippen LogP contribution in [0.4, 0.5) is 0 Å². The first-order valence-corrected chi connectivity index (χ1v) is 9.25. The fourth-order valence-electron chi connectivity index (χ4n) is 2.66. The van der Waals surface area contributed by atoms with E-state index < -0.39 is 0 Å². The van der Waals surface area contributed by atoms with Gasteiger partial charge in [-0.1, -0.05) is 35.9 Å². The van der Waals surface area contributed by atoms with Crippen molar-refractivity contribution in [2.24, 2.45) is 0 Å². The number of amides is 2. The zero-order valence-corrected chi connectivity index (χ0v) is 16.5. The van der Waals surface area contributed by atoms with E-state index in [-0.39, 0.29) is 11.8 Å². The summed E-state index contributed by atoms with van der Waals surface area (Å²) in [6.07, 6.45) is 1.05. The van der Waals surface area contributed by atoms with E-state index in [1.807, 2.05) is 48.5 Å². The van der Waals surface area contributed by atoms with Gasteiger partial charge >= 0.3 is 0 Å². The second-order valence-electron chi connectivity index (χ2n) is 6.26. The Morgan fingerprint density at radius 1 is 1.00 bits per heavy atom. The average molecular weight is 389 g/mol. The maximum Gasteiger partial charge on any atom is 0.224 e. The van der Waals surface area contributed by atoms with Crippen LogP contribution in [0.1, 0.15) is 18.1 Å². The average Bonchev–Trinajstić information content (AvgIpc) is 2.66. The zero-order valence-electron chi connectivity index (χ0n) is 15.7. The van der Waals surface area contributed by atoms with Crippen molar-refractivity contribution < 1.29 is 14.3 Å². The molecular formula is C21H25ClN2O3. The summed E-state index contributed by atoms with van der Waals surface area (Å²) in [7, 11) is 1.61. The molecule has 0 radical (unpaired) electrons. The smallest absolute Gasteiger partial charge is 0.224 e. The Labute approximate surface area is 165 Å². The van der Waals surface area contributed by atoms with Crippen LogP contribution in [0.5, 0.6) is 5.75 Å². The predicted molar refractivity (Wildman–Crippen MR) is 107 cm³/mol. The molecule has 0 aromatic heterocycles. The molecule has 6 heteroatoms. The molecule has 2 amide bonds. The monoisotopic (exact) mass is 388 g/mol. The summed E-state index contributed by atoms with van der Waals surface area (Å²) in [6, 6.07) is 15.0. The molecular weight excluding hydrogens is 364 g/mol. The lowest BCUT2D eigenvalue weighted by atomic mass is 10.1. The summed E-state index contributed by atoms with van der Waals surface area (Å²) in [5.41, 5.74) is 2.04. The van der Waals surface area contributed by atoms with E-state index >= 15 is 0 Å². The lowest BCUT2D eigenvalue weighted by Gasteiger charge is -2.21. The Balaban J connectivity index is 1.75. The highest BCUT2D eigenvalue weighted by molar-refractivity contribution is 6.30. The van der Waals surface area contributed by atoms with Gasteiger partial charge in [-0.3, -0.25) is 9.59 Å². The van der Waals surface area contributed by atoms with E-state index in [1.54, 1.807) is 18.9 Å². The summed E-state index contributed by atoms with van der Waals surface area (Å²) < 4.78 is 5.10. The lowest BCUT2D eigenvalue weighted by molar-refractivity contribution is -0.129. The zero-order chi connectivity index (χ0) is 19.6. The number of benzene rings is 2. The molecule has 2 aromatic rings. The molecule has 1 N–H and O–H groups in total. The molecule has 0 atom stereocenters. The molecule has 2 rings (SSSR count). The van der Waals surface area contributed by atoms with Gasteiger partial charge < -0.3 is 15.0 Å². The van der Waals surface area contributed by atoms with Gasteiger partial charge in [0.15, 0.2) is 0 Å². The summed E-state index contributed by atoms with van der Waals surface area (Å²) in [5.74, 6) is 0.687. The van der Waals surface area contributed by atoms with Gasteiger partial charge in [-0.2, -0.15) is 0 Å². The highest BCUT2D eigenvalue weighted by Gasteiger charge is 2.10. The van der Waals surface area contributed by atoms with E-state index in [0.717, 1.165) is 23.3 Å². The molecule has 0 saturated carbocycles. The molecule has 0 unspecified atom stereocenters. The van der Waals surface area contributed by atoms with Crippen molar-refractivity contribution in [3.8, 4) is 5.75 Å². The van der Waals surface area contributed by atoms with Gasteiger partial charge in [-0.05, 0) is 41.8 Å². The van der Waals surface area contributed by atoms with Crippen molar-refractivity contribution in [2.75, 3.05) is 26.7 Å². The number of carbonyl (C=O) groups is 2. The number of halogens is 1. The molecule has 0 fully saturated rings. The third-order valence-electron chi connectivity index (χ3n) is 4.26. The minimum atomic E-state index is -0.0682. The van der Waals surface area contributed by atoms with Crippen LogP contribution in [0.25, 0.3) is 0 Å². The second kappa shape index (κ2) is 10.6. The first-order chi connectivity index (χ1) is 13.0. The molecule has 0 spiro atoms. The van der Waals surface area contributed by atoms with Crippen molar-refractivity contribution >= 4 is 23.4 Å². The fraction of sp³-hybridized carbons (Fsp3) is 0.333. The lowest BCUT2D eigenvalue weighted by Crippen LogP contribution is -2.39. The largest absolute Gasteiger partial charge is 0.497 e. The van der Waals surface area contributed by atoms with E-state index in [9.17, 15) is 9.59 Å². The van der Waals surface area contributed by atoms with Crippen LogP contribution in [-0.4, -0.2) is 43.5 Å². The van der Waals surface area contributed by atoms with Gasteiger partial charge in [0.2, 0.25) is 11.8 Å². The Morgan fingerprint density at radius 3 is 2.22 bits per heavy atom. The van der Waals surface area contributed by atoms with Gasteiger partial charge in [-0.25, -0.2) is 0 Å². The standard InChI is InChI=1S/C21H25ClN2O3/c1-16(25)24(13-11-17-3-7-19(22)8-4-17)14-12-23-21(26)15-18-5-9-20(27-2)10-6-18/h3-10H,11-15H2,1-2H3,(H,23,26). The Bertz CT molecular complexity index is 745. The maximum atomic E-state index is 12.1. The van der Waals surface area contributed by atoms with Crippen molar-refractivity contribution in [3.63, 3.8) is 0 Å². The van der Waals surface area contributed by atoms with Crippen LogP contribution in [0.2, 0.25) is 5.02 Å². The van der Waals surface area contributed by atoms with E-state index in [4.69, 9.17) is 16.3 Å². The number of nitrogens with one attached hydrogen (secondary N) is 1. The van der Waals surface area contributed by atoms with E-state index in [2.05, 4.69) is 5.32 Å². The highest BCUT2D eigenvalue weighted by atomic mass is 35.5. The summed E-state index contributed by atoms with van der Waals surface area (Å²) in [6.45, 7) is 3.05. The van der Waals surface area contributed by atoms with Crippen molar-refractivity contribution in [3.05, 3.63) is 64.7 Å². The van der Waals surface area contributed by atoms with Crippen molar-refractivity contribution in [2.45, 2.75) is 19.8 Å². The number of hydrogen-bond acceptors (Lipinski definition) is 3. The summed E-state index contributed by atoms with van der Waals surface area (Å²) in [5, 5.41) is 3.57. The molecule has 2 aromatic carbocycles. The third kappa shape index (κ3) is 7.31. The fourth-order valence-corrected chi connectivity index (χ4v) is 2.79. The van der Waals surface area contributed by atoms with Crippen LogP contribution < -0.4 is 10.1 Å². The van der Waals surface area contributed by atoms with Crippen LogP contribution in [-0.2, 0) is 22.4 Å². The highest BCUT2D eigenvalue weighted by Crippen LogP contribution is 2.12. The number of carbonyl (C=O) groups excluding carboxylic acids is 2. The van der Waals surface area contributed by atoms with Gasteiger partial charge in [0.1, 0.15) is 5.75 Å². The number of methoxy groups -OCH3 is 1. The van der Waals surface area contributed by atoms with Crippen LogP contribution in [0.15, 0.2) is 48.5 Å². The first kappa shape index (κ1) is 20.8. The van der Waals surface area contributed by atoms with Gasteiger partial charge in [-0.15, -0.1) is 0 Å². The maximum absolute atomic E-state index is 12.1. The molecule has 0 aliphatic rings. The van der Waals surface area contributed by atoms with E-state index in [0.29, 0.717) is 31.1 Å². The van der Waals surface area contributed by atoms with Crippen LogP contribution in [0, 0.1) is 0 Å². The Hall–Kier alpha value is -2.53. The molecule has 0 saturated heterocycles. The van der Waals surface area contributed by atoms with Gasteiger partial charge in [0.05, 0.1) is 13.5 Å². The minimum Gasteiger partial charge on any atom is -0.497 e. The van der Waals surface area contributed by atoms with Crippen LogP contribution in [0.3, 0.4) is 0 Å². The van der Waals surface area contributed by atoms with Crippen molar-refractivity contribution in [1.29, 1.82) is 0 Å². The second-order valence-corrected chi connectivity index (χ2v) is 6.69. The Morgan fingerprint density at radius 2 is 1.63 bits per heavy atom. The normalized spacial score (nSPS) is 10.3. The quantitative estimate of drug-likeness (QED) is 0.718. The number of hydrogen-bond donors (Lipinski definition) is 1. The predicted octanol–water partition coefficient (Wildman–Crippen LogP) is 3.10. The summed E-state index contributed by atoms with van der Waals surface area (Å²) >= 11 is 5.89. The van der Waals surface area contributed by atoms with Crippen molar-refractivity contribution in [1.82, 2.24) is 10.2 Å². The molecule has 0 aliphatic heterocycles. The molecule has 0 bridgehead atoms. The molecule has 5 nitrogen and oxygen atoms in total. The molecule has 144 valence electrons. The molecule has 0 aliphatic carbocycles. The SMILES string of the molecule is COc1ccc(CC(=O)NCCN(CCc2ccc(Cl)cc2)C(C)=O)cc1. The Kier molecular flexibility index (Phi) is 8.14. The van der Waals surface area contributed by atoms with Gasteiger partial charge in [0.25, 0.3) is 0 Å². The molecule has 0 heterocycles. The van der Waals surface area contributed by atoms with Crippen LogP contribution >= 0.6 is 11.6 Å². The van der Waals surface area contributed by atoms with Gasteiger partial charge in [0, 0.05) is 31.6 Å². The first-order valence-electron chi connectivity index (χ1n) is 8.87. The number of nitrogens with zero attached hydrogens (tertiary/aromatic N) is 1. The summed E-state index contributed by atoms with van der Waals surface area (Å²) in [4.78, 5) is 25.6. The number of ether oxygens (including phenoxy) is 1.